The van der Waals surface area contributed by atoms with Gasteiger partial charge in [-0.3, -0.25) is 9.59 Å². The van der Waals surface area contributed by atoms with Crippen LogP contribution in [0.2, 0.25) is 5.02 Å². The van der Waals surface area contributed by atoms with E-state index in [2.05, 4.69) is 21.2 Å². The molecule has 6 nitrogen and oxygen atoms in total. The van der Waals surface area contributed by atoms with Gasteiger partial charge in [0.2, 0.25) is 5.91 Å². The minimum Gasteiger partial charge on any atom is -0.497 e. The second kappa shape index (κ2) is 13.0. The summed E-state index contributed by atoms with van der Waals surface area (Å²) in [6.45, 7) is 2.00. The third-order valence-corrected chi connectivity index (χ3v) is 6.92. The van der Waals surface area contributed by atoms with E-state index in [1.807, 2.05) is 31.2 Å². The molecule has 34 heavy (non-hydrogen) atoms. The van der Waals surface area contributed by atoms with Crippen molar-refractivity contribution in [1.29, 1.82) is 0 Å². The van der Waals surface area contributed by atoms with Crippen LogP contribution in [-0.4, -0.2) is 42.5 Å². The summed E-state index contributed by atoms with van der Waals surface area (Å²) in [6, 6.07) is 12.2. The number of hydrogen-bond acceptors (Lipinski definition) is 4. The molecule has 1 atom stereocenters. The van der Waals surface area contributed by atoms with E-state index >= 15 is 0 Å². The monoisotopic (exact) mass is 550 g/mol. The third kappa shape index (κ3) is 7.37. The first-order chi connectivity index (χ1) is 16.4. The molecule has 0 heterocycles. The van der Waals surface area contributed by atoms with Crippen molar-refractivity contribution in [2.45, 2.75) is 64.1 Å². The van der Waals surface area contributed by atoms with Crippen LogP contribution in [0.15, 0.2) is 46.9 Å². The molecule has 1 N–H and O–H groups in total. The molecule has 0 bridgehead atoms. The fourth-order valence-electron chi connectivity index (χ4n) is 4.25. The number of methoxy groups -OCH3 is 1. The minimum atomic E-state index is -0.599. The lowest BCUT2D eigenvalue weighted by Gasteiger charge is -2.32. The Bertz CT molecular complexity index is 981. The molecule has 3 rings (SSSR count). The van der Waals surface area contributed by atoms with Gasteiger partial charge in [0.15, 0.2) is 6.61 Å². The third-order valence-electron chi connectivity index (χ3n) is 6.07. The highest BCUT2D eigenvalue weighted by atomic mass is 79.9. The fourth-order valence-corrected chi connectivity index (χ4v) is 5.04. The normalized spacial score (nSPS) is 14.8. The van der Waals surface area contributed by atoms with E-state index in [9.17, 15) is 9.59 Å². The van der Waals surface area contributed by atoms with Gasteiger partial charge in [-0.2, -0.15) is 0 Å². The van der Waals surface area contributed by atoms with Crippen LogP contribution in [0.1, 0.15) is 51.0 Å². The zero-order valence-corrected chi connectivity index (χ0v) is 22.0. The molecule has 1 aliphatic carbocycles. The van der Waals surface area contributed by atoms with Crippen LogP contribution in [-0.2, 0) is 16.1 Å². The Morgan fingerprint density at radius 3 is 2.62 bits per heavy atom. The maximum absolute atomic E-state index is 13.4. The van der Waals surface area contributed by atoms with Gasteiger partial charge in [0.1, 0.15) is 17.5 Å². The van der Waals surface area contributed by atoms with Crippen molar-refractivity contribution < 1.29 is 19.1 Å². The highest BCUT2D eigenvalue weighted by Gasteiger charge is 2.30. The van der Waals surface area contributed by atoms with Crippen LogP contribution in [0.25, 0.3) is 0 Å². The number of amides is 2. The topological polar surface area (TPSA) is 67.9 Å². The number of carbonyl (C=O) groups is 2. The summed E-state index contributed by atoms with van der Waals surface area (Å²) in [5.74, 6) is 0.832. The number of halogens is 2. The molecule has 8 heteroatoms. The Labute approximate surface area is 215 Å². The molecule has 2 amide bonds. The van der Waals surface area contributed by atoms with Crippen LogP contribution >= 0.6 is 27.5 Å². The van der Waals surface area contributed by atoms with Gasteiger partial charge in [-0.25, -0.2) is 0 Å². The molecule has 184 valence electrons. The van der Waals surface area contributed by atoms with E-state index in [0.29, 0.717) is 27.4 Å². The Morgan fingerprint density at radius 1 is 1.18 bits per heavy atom. The average molecular weight is 552 g/mol. The number of carbonyl (C=O) groups excluding carboxylic acids is 2. The Balaban J connectivity index is 1.78. The number of hydrogen-bond donors (Lipinski definition) is 1. The second-order valence-electron chi connectivity index (χ2n) is 8.50. The summed E-state index contributed by atoms with van der Waals surface area (Å²) in [6.07, 6.45) is 5.93. The largest absolute Gasteiger partial charge is 0.497 e. The second-order valence-corrected chi connectivity index (χ2v) is 9.79. The van der Waals surface area contributed by atoms with Crippen molar-refractivity contribution in [2.24, 2.45) is 0 Å². The van der Waals surface area contributed by atoms with Gasteiger partial charge in [0.05, 0.1) is 11.6 Å². The van der Waals surface area contributed by atoms with E-state index < -0.39 is 6.04 Å². The van der Waals surface area contributed by atoms with Gasteiger partial charge < -0.3 is 19.7 Å². The number of ether oxygens (including phenoxy) is 2. The molecule has 0 aromatic heterocycles. The fraction of sp³-hybridized carbons (Fsp3) is 0.462. The molecule has 1 unspecified atom stereocenters. The first-order valence-electron chi connectivity index (χ1n) is 11.7. The number of nitrogens with one attached hydrogen (secondary N) is 1. The lowest BCUT2D eigenvalue weighted by atomic mass is 9.95. The molecule has 2 aromatic carbocycles. The number of rotatable bonds is 10. The summed E-state index contributed by atoms with van der Waals surface area (Å²) in [5, 5.41) is 3.75. The van der Waals surface area contributed by atoms with Crippen LogP contribution in [0.4, 0.5) is 0 Å². The Morgan fingerprint density at radius 2 is 1.94 bits per heavy atom. The first kappa shape index (κ1) is 26.4. The quantitative estimate of drug-likeness (QED) is 0.408. The van der Waals surface area contributed by atoms with E-state index in [1.165, 1.54) is 6.42 Å². The van der Waals surface area contributed by atoms with Gasteiger partial charge in [-0.05, 0) is 71.1 Å². The van der Waals surface area contributed by atoms with Crippen LogP contribution in [0, 0.1) is 0 Å². The zero-order valence-electron chi connectivity index (χ0n) is 19.7. The lowest BCUT2D eigenvalue weighted by Crippen LogP contribution is -2.52. The molecule has 0 radical (unpaired) electrons. The first-order valence-corrected chi connectivity index (χ1v) is 12.9. The molecule has 0 aliphatic heterocycles. The van der Waals surface area contributed by atoms with E-state index in [4.69, 9.17) is 21.1 Å². The van der Waals surface area contributed by atoms with Crippen molar-refractivity contribution in [2.75, 3.05) is 13.7 Å². The van der Waals surface area contributed by atoms with E-state index in [-0.39, 0.29) is 31.0 Å². The van der Waals surface area contributed by atoms with Crippen LogP contribution in [0.5, 0.6) is 11.5 Å². The highest BCUT2D eigenvalue weighted by Crippen LogP contribution is 2.28. The number of benzene rings is 2. The minimum absolute atomic E-state index is 0.113. The molecule has 1 saturated carbocycles. The van der Waals surface area contributed by atoms with E-state index in [0.717, 1.165) is 31.2 Å². The predicted molar refractivity (Wildman–Crippen MR) is 137 cm³/mol. The summed E-state index contributed by atoms with van der Waals surface area (Å²) >= 11 is 9.42. The molecule has 0 spiro atoms. The van der Waals surface area contributed by atoms with Crippen LogP contribution in [0.3, 0.4) is 0 Å². The van der Waals surface area contributed by atoms with Crippen molar-refractivity contribution in [3.63, 3.8) is 0 Å². The van der Waals surface area contributed by atoms with Gasteiger partial charge in [-0.15, -0.1) is 0 Å². The van der Waals surface area contributed by atoms with Gasteiger partial charge in [0, 0.05) is 17.6 Å². The maximum Gasteiger partial charge on any atom is 0.261 e. The number of nitrogens with zero attached hydrogens (tertiary/aromatic N) is 1. The van der Waals surface area contributed by atoms with Crippen LogP contribution < -0.4 is 14.8 Å². The lowest BCUT2D eigenvalue weighted by molar-refractivity contribution is -0.143. The molecular weight excluding hydrogens is 520 g/mol. The SMILES string of the molecule is CCC(C(=O)NC1CCCCC1)N(Cc1cccc(OC)c1)C(=O)COc1ccc(Cl)cc1Br. The van der Waals surface area contributed by atoms with Gasteiger partial charge in [0.25, 0.3) is 5.91 Å². The molecular formula is C26H32BrClN2O4. The van der Waals surface area contributed by atoms with Crippen molar-refractivity contribution in [3.05, 3.63) is 57.5 Å². The zero-order chi connectivity index (χ0) is 24.5. The van der Waals surface area contributed by atoms with Gasteiger partial charge in [-0.1, -0.05) is 49.9 Å². The standard InChI is InChI=1S/C26H32BrClN2O4/c1-3-23(26(32)29-20-9-5-4-6-10-20)30(16-18-8-7-11-21(14-18)33-2)25(31)17-34-24-13-12-19(28)15-22(24)27/h7-8,11-15,20,23H,3-6,9-10,16-17H2,1-2H3,(H,29,32). The van der Waals surface area contributed by atoms with Gasteiger partial charge >= 0.3 is 0 Å². The summed E-state index contributed by atoms with van der Waals surface area (Å²) in [4.78, 5) is 28.3. The molecule has 1 aliphatic rings. The van der Waals surface area contributed by atoms with Crippen molar-refractivity contribution >= 4 is 39.3 Å². The molecule has 2 aromatic rings. The smallest absolute Gasteiger partial charge is 0.261 e. The summed E-state index contributed by atoms with van der Waals surface area (Å²) in [5.41, 5.74) is 0.879. The Kier molecular flexibility index (Phi) is 10.1. The molecule has 0 saturated heterocycles. The van der Waals surface area contributed by atoms with Crippen molar-refractivity contribution in [3.8, 4) is 11.5 Å². The molecule has 1 fully saturated rings. The Hall–Kier alpha value is -2.25. The summed E-state index contributed by atoms with van der Waals surface area (Å²) < 4.78 is 11.8. The van der Waals surface area contributed by atoms with Crippen molar-refractivity contribution in [1.82, 2.24) is 10.2 Å². The predicted octanol–water partition coefficient (Wildman–Crippen LogP) is 5.75. The highest BCUT2D eigenvalue weighted by molar-refractivity contribution is 9.10. The average Bonchev–Trinajstić information content (AvgIpc) is 2.84. The summed E-state index contributed by atoms with van der Waals surface area (Å²) in [7, 11) is 1.60. The maximum atomic E-state index is 13.4. The van der Waals surface area contributed by atoms with E-state index in [1.54, 1.807) is 30.2 Å².